The number of aromatic nitrogens is 9. The van der Waals surface area contributed by atoms with Crippen molar-refractivity contribution < 1.29 is 19.2 Å². The molecule has 17 nitrogen and oxygen atoms in total. The highest BCUT2D eigenvalue weighted by Gasteiger charge is 2.18. The molecule has 0 fully saturated rings. The van der Waals surface area contributed by atoms with Gasteiger partial charge in [-0.25, -0.2) is 4.98 Å². The Morgan fingerprint density at radius 3 is 1.18 bits per heavy atom. The molecule has 0 saturated carbocycles. The van der Waals surface area contributed by atoms with Gasteiger partial charge in [0.15, 0.2) is 0 Å². The number of carbonyl (C=O) groups is 4. The summed E-state index contributed by atoms with van der Waals surface area (Å²) in [4.78, 5) is 53.0. The Balaban J connectivity index is 0.000000123. The van der Waals surface area contributed by atoms with Crippen molar-refractivity contribution in [2.45, 2.75) is 51.4 Å². The Labute approximate surface area is 600 Å². The molecule has 0 aliphatic rings. The van der Waals surface area contributed by atoms with Gasteiger partial charge in [0.25, 0.3) is 0 Å². The quantitative estimate of drug-likeness (QED) is 0.0359. The van der Waals surface area contributed by atoms with E-state index in [0.717, 1.165) is 155 Å². The summed E-state index contributed by atoms with van der Waals surface area (Å²) in [6.45, 7) is 0. The topological polar surface area (TPSA) is 300 Å². The summed E-state index contributed by atoms with van der Waals surface area (Å²) >= 11 is 0. The van der Waals surface area contributed by atoms with Crippen LogP contribution in [0.1, 0.15) is 47.9 Å². The molecule has 4 amide bonds. The summed E-state index contributed by atoms with van der Waals surface area (Å²) in [5.41, 5.74) is 49.2. The van der Waals surface area contributed by atoms with Crippen LogP contribution >= 0.6 is 0 Å². The van der Waals surface area contributed by atoms with E-state index in [1.54, 1.807) is 6.33 Å². The maximum atomic E-state index is 11.4. The number of H-pyrrole nitrogens is 4. The van der Waals surface area contributed by atoms with Crippen LogP contribution in [0.25, 0.3) is 133 Å². The molecule has 0 spiro atoms. The van der Waals surface area contributed by atoms with E-state index in [1.807, 2.05) is 128 Å². The molecule has 0 radical (unpaired) electrons. The number of para-hydroxylation sites is 2. The van der Waals surface area contributed by atoms with E-state index in [1.165, 1.54) is 0 Å². The molecular formula is C87H75N13O4. The molecule has 0 bridgehead atoms. The number of aryl methyl sites for hydroxylation is 4. The van der Waals surface area contributed by atoms with Crippen molar-refractivity contribution in [3.8, 4) is 89.0 Å². The normalized spacial score (nSPS) is 10.9. The molecule has 0 saturated heterocycles. The lowest BCUT2D eigenvalue weighted by Crippen LogP contribution is -2.11. The molecule has 17 heteroatoms. The Kier molecular flexibility index (Phi) is 21.5. The molecule has 0 aliphatic carbocycles. The fourth-order valence-corrected chi connectivity index (χ4v) is 13.1. The minimum absolute atomic E-state index is 0.287. The van der Waals surface area contributed by atoms with Gasteiger partial charge in [-0.1, -0.05) is 243 Å². The first-order chi connectivity index (χ1) is 50.9. The lowest BCUT2D eigenvalue weighted by Gasteiger charge is -2.13. The highest BCUT2D eigenvalue weighted by atomic mass is 16.2. The van der Waals surface area contributed by atoms with Gasteiger partial charge in [0.1, 0.15) is 11.0 Å². The molecule has 16 rings (SSSR count). The molecule has 104 heavy (non-hydrogen) atoms. The Bertz CT molecular complexity index is 5250. The molecule has 4 aromatic heterocycles. The van der Waals surface area contributed by atoms with Gasteiger partial charge in [0.05, 0.1) is 40.8 Å². The lowest BCUT2D eigenvalue weighted by molar-refractivity contribution is -0.118. The molecule has 512 valence electrons. The second-order valence-electron chi connectivity index (χ2n) is 25.2. The zero-order valence-corrected chi connectivity index (χ0v) is 57.0. The standard InChI is InChI=1S/3C22H19N3O.C21H18N4O/c23-22(26)12-10-17-13-16(15-5-2-1-3-6-15)9-11-18(17)19-7-4-8-21-20(19)14-24-25-21;23-21(26)12-10-17-13-16(15-5-2-1-3-6-15)9-11-18(17)19-7-4-8-20-22(19)25-14-24-20;23-22(26)11-9-17-12-16(15-4-2-1-3-5-15)8-10-20(17)18-6-7-19-14-24-25-21(19)13-18;22-20(26)12-10-16-13-15(14-5-2-1-3-6-14)9-11-17(16)18-7-4-8-19-21(18)24-25-23-19/h2*1-9,11,13-14H,10,12H2,(H2,23,26)(H,24,25);1-8,10,12-14H,9,11H2,(H2,23,26)(H,24,25);1-9,11,13H,10,12H2,(H2,22,26)(H,23,24,25). The summed E-state index contributed by atoms with van der Waals surface area (Å²) in [5.74, 6) is -1.17. The molecule has 0 atom stereocenters. The molecule has 12 N–H and O–H groups in total. The van der Waals surface area contributed by atoms with Crippen LogP contribution in [0.3, 0.4) is 0 Å². The van der Waals surface area contributed by atoms with Crippen LogP contribution in [-0.4, -0.2) is 69.4 Å². The van der Waals surface area contributed by atoms with Crippen molar-refractivity contribution in [1.29, 1.82) is 0 Å². The number of nitrogens with zero attached hydrogens (tertiary/aromatic N) is 5. The van der Waals surface area contributed by atoms with Gasteiger partial charge in [-0.2, -0.15) is 25.6 Å². The van der Waals surface area contributed by atoms with Gasteiger partial charge in [-0.3, -0.25) is 29.4 Å². The third-order valence-electron chi connectivity index (χ3n) is 18.3. The summed E-state index contributed by atoms with van der Waals surface area (Å²) < 4.78 is 0. The summed E-state index contributed by atoms with van der Waals surface area (Å²) in [5, 5.41) is 27.5. The lowest BCUT2D eigenvalue weighted by atomic mass is 9.91. The highest BCUT2D eigenvalue weighted by molar-refractivity contribution is 5.97. The molecule has 16 aromatic rings. The summed E-state index contributed by atoms with van der Waals surface area (Å²) in [6, 6.07) is 90.7. The van der Waals surface area contributed by atoms with Crippen molar-refractivity contribution in [2.75, 3.05) is 0 Å². The van der Waals surface area contributed by atoms with Gasteiger partial charge < -0.3 is 27.9 Å². The minimum Gasteiger partial charge on any atom is -0.370 e. The summed E-state index contributed by atoms with van der Waals surface area (Å²) in [6.07, 6.45) is 9.05. The number of carbonyl (C=O) groups excluding carboxylic acids is 4. The summed E-state index contributed by atoms with van der Waals surface area (Å²) in [7, 11) is 0. The number of hydrogen-bond donors (Lipinski definition) is 8. The number of hydrogen-bond acceptors (Lipinski definition) is 9. The van der Waals surface area contributed by atoms with E-state index in [9.17, 15) is 19.2 Å². The van der Waals surface area contributed by atoms with Crippen molar-refractivity contribution in [3.05, 3.63) is 308 Å². The van der Waals surface area contributed by atoms with Crippen molar-refractivity contribution in [2.24, 2.45) is 22.9 Å². The van der Waals surface area contributed by atoms with E-state index >= 15 is 0 Å². The number of amides is 4. The second kappa shape index (κ2) is 32.5. The fourth-order valence-electron chi connectivity index (χ4n) is 13.1. The predicted molar refractivity (Wildman–Crippen MR) is 416 cm³/mol. The smallest absolute Gasteiger partial charge is 0.217 e. The number of rotatable bonds is 20. The maximum Gasteiger partial charge on any atom is 0.217 e. The van der Waals surface area contributed by atoms with Crippen molar-refractivity contribution in [1.82, 2.24) is 45.8 Å². The van der Waals surface area contributed by atoms with Crippen LogP contribution in [0.5, 0.6) is 0 Å². The van der Waals surface area contributed by atoms with E-state index in [4.69, 9.17) is 22.9 Å². The van der Waals surface area contributed by atoms with Crippen molar-refractivity contribution in [3.63, 3.8) is 0 Å². The van der Waals surface area contributed by atoms with Gasteiger partial charge in [-0.05, 0) is 150 Å². The second-order valence-corrected chi connectivity index (χ2v) is 25.2. The average Bonchev–Trinajstić information content (AvgIpc) is 1.46. The fraction of sp³-hybridized carbons (Fsp3) is 0.0920. The SMILES string of the molecule is NC(=O)CCc1cc(-c2ccccc2)ccc1-c1ccc2cn[nH]c2c1.NC(=O)CCc1cc(-c2ccccc2)ccc1-c1cccc2[nH]cnc12.NC(=O)CCc1cc(-c2ccccc2)ccc1-c1cccc2[nH]ncc12.NC(=O)CCc1cc(-c2ccccc2)ccc1-c1cccc2n[nH]nc12. The minimum atomic E-state index is -0.305. The van der Waals surface area contributed by atoms with Gasteiger partial charge in [-0.15, -0.1) is 0 Å². The zero-order valence-electron chi connectivity index (χ0n) is 57.0. The number of nitrogens with one attached hydrogen (secondary N) is 4. The molecule has 0 aliphatic heterocycles. The number of fused-ring (bicyclic) bond motifs is 4. The largest absolute Gasteiger partial charge is 0.370 e. The number of imidazole rings is 1. The van der Waals surface area contributed by atoms with Crippen molar-refractivity contribution >= 4 is 67.5 Å². The first-order valence-electron chi connectivity index (χ1n) is 34.3. The Morgan fingerprint density at radius 1 is 0.308 bits per heavy atom. The van der Waals surface area contributed by atoms with Gasteiger partial charge in [0.2, 0.25) is 23.6 Å². The molecule has 4 heterocycles. The van der Waals surface area contributed by atoms with Crippen LogP contribution < -0.4 is 22.9 Å². The third-order valence-corrected chi connectivity index (χ3v) is 18.3. The number of aromatic amines is 4. The van der Waals surface area contributed by atoms with Gasteiger partial charge in [0, 0.05) is 47.6 Å². The van der Waals surface area contributed by atoms with Crippen LogP contribution in [0.15, 0.2) is 286 Å². The highest BCUT2D eigenvalue weighted by Crippen LogP contribution is 2.38. The molecular weight excluding hydrogens is 1290 g/mol. The van der Waals surface area contributed by atoms with Gasteiger partial charge >= 0.3 is 0 Å². The van der Waals surface area contributed by atoms with Crippen LogP contribution in [0.4, 0.5) is 0 Å². The van der Waals surface area contributed by atoms with E-state index in [0.29, 0.717) is 51.4 Å². The molecule has 12 aromatic carbocycles. The number of nitrogens with two attached hydrogens (primary N) is 4. The number of benzene rings is 12. The van der Waals surface area contributed by atoms with E-state index in [2.05, 4.69) is 197 Å². The van der Waals surface area contributed by atoms with E-state index < -0.39 is 0 Å². The maximum absolute atomic E-state index is 11.4. The predicted octanol–water partition coefficient (Wildman–Crippen LogP) is 16.7. The molecule has 0 unspecified atom stereocenters. The Morgan fingerprint density at radius 2 is 0.702 bits per heavy atom. The zero-order chi connectivity index (χ0) is 71.7. The first-order valence-corrected chi connectivity index (χ1v) is 34.3. The van der Waals surface area contributed by atoms with Crippen LogP contribution in [-0.2, 0) is 44.9 Å². The monoisotopic (exact) mass is 1370 g/mol. The average molecular weight is 1370 g/mol. The Hall–Kier alpha value is -13.7. The number of primary amides is 4. The van der Waals surface area contributed by atoms with Crippen LogP contribution in [0, 0.1) is 0 Å². The van der Waals surface area contributed by atoms with E-state index in [-0.39, 0.29) is 23.6 Å². The first kappa shape index (κ1) is 68.8. The third kappa shape index (κ3) is 16.6. The van der Waals surface area contributed by atoms with Crippen LogP contribution in [0.2, 0.25) is 0 Å².